The molecule has 2 aromatic heterocycles. The maximum atomic E-state index is 13.1. The number of likely N-dealkylation sites (tertiary alicyclic amines) is 1. The number of carbonyl (C=O) groups is 1. The molecule has 23 heavy (non-hydrogen) atoms. The Kier molecular flexibility index (Phi) is 3.95. The first kappa shape index (κ1) is 14.9. The molecule has 2 aromatic rings. The number of amides is 1. The molecule has 5 nitrogen and oxygen atoms in total. The zero-order valence-corrected chi connectivity index (χ0v) is 14.2. The Balaban J connectivity index is 1.57. The lowest BCUT2D eigenvalue weighted by atomic mass is 10.00. The molecule has 1 amide bonds. The lowest BCUT2D eigenvalue weighted by Gasteiger charge is -2.38. The van der Waals surface area contributed by atoms with Crippen molar-refractivity contribution in [1.82, 2.24) is 14.7 Å². The number of rotatable bonds is 3. The third kappa shape index (κ3) is 2.70. The van der Waals surface area contributed by atoms with Crippen LogP contribution in [0.3, 0.4) is 0 Å². The highest BCUT2D eigenvalue weighted by molar-refractivity contribution is 7.07. The Labute approximate surface area is 140 Å². The Bertz CT molecular complexity index is 681. The molecule has 0 aromatic carbocycles. The number of hydrogen-bond donors (Lipinski definition) is 0. The predicted octanol–water partition coefficient (Wildman–Crippen LogP) is 2.81. The van der Waals surface area contributed by atoms with Crippen LogP contribution in [0.1, 0.15) is 37.3 Å². The fourth-order valence-electron chi connectivity index (χ4n) is 3.95. The standard InChI is InChI=1S/C17H22N4OS/c1-19-11-14(10-18-19)20-7-3-5-16(17(20)22)21-8-2-4-15(21)13-6-9-23-12-13/h6,9-12,15-16H,2-5,7-8H2,1H3/t15-,16-/m1/s1. The van der Waals surface area contributed by atoms with Crippen molar-refractivity contribution in [3.63, 3.8) is 0 Å². The Hall–Kier alpha value is -1.66. The van der Waals surface area contributed by atoms with Gasteiger partial charge in [0.2, 0.25) is 5.91 Å². The second-order valence-electron chi connectivity index (χ2n) is 6.47. The molecule has 122 valence electrons. The summed E-state index contributed by atoms with van der Waals surface area (Å²) >= 11 is 1.74. The molecule has 2 aliphatic rings. The lowest BCUT2D eigenvalue weighted by molar-refractivity contribution is -0.125. The highest BCUT2D eigenvalue weighted by Gasteiger charge is 2.39. The lowest BCUT2D eigenvalue weighted by Crippen LogP contribution is -2.52. The summed E-state index contributed by atoms with van der Waals surface area (Å²) in [6.07, 6.45) is 8.08. The van der Waals surface area contributed by atoms with Gasteiger partial charge in [0, 0.05) is 25.8 Å². The van der Waals surface area contributed by atoms with Crippen molar-refractivity contribution in [1.29, 1.82) is 0 Å². The molecular weight excluding hydrogens is 308 g/mol. The molecule has 2 saturated heterocycles. The number of thiophene rings is 1. The fourth-order valence-corrected chi connectivity index (χ4v) is 4.66. The molecule has 0 aliphatic carbocycles. The number of anilines is 1. The monoisotopic (exact) mass is 330 g/mol. The zero-order chi connectivity index (χ0) is 15.8. The third-order valence-corrected chi connectivity index (χ3v) is 5.74. The van der Waals surface area contributed by atoms with Crippen molar-refractivity contribution in [3.8, 4) is 0 Å². The molecule has 4 rings (SSSR count). The summed E-state index contributed by atoms with van der Waals surface area (Å²) in [6, 6.07) is 2.63. The minimum atomic E-state index is 0.0105. The zero-order valence-electron chi connectivity index (χ0n) is 13.4. The van der Waals surface area contributed by atoms with Gasteiger partial charge in [-0.2, -0.15) is 16.4 Å². The van der Waals surface area contributed by atoms with Crippen molar-refractivity contribution < 1.29 is 4.79 Å². The molecule has 4 heterocycles. The van der Waals surface area contributed by atoms with Crippen LogP contribution in [0.25, 0.3) is 0 Å². The number of nitrogens with zero attached hydrogens (tertiary/aromatic N) is 4. The quantitative estimate of drug-likeness (QED) is 0.869. The summed E-state index contributed by atoms with van der Waals surface area (Å²) in [6.45, 7) is 1.83. The van der Waals surface area contributed by atoms with E-state index >= 15 is 0 Å². The number of aryl methyl sites for hydroxylation is 1. The molecule has 2 atom stereocenters. The smallest absolute Gasteiger partial charge is 0.244 e. The van der Waals surface area contributed by atoms with Crippen molar-refractivity contribution in [2.45, 2.75) is 37.8 Å². The average molecular weight is 330 g/mol. The Morgan fingerprint density at radius 2 is 2.04 bits per heavy atom. The highest BCUT2D eigenvalue weighted by atomic mass is 32.1. The van der Waals surface area contributed by atoms with Gasteiger partial charge in [-0.1, -0.05) is 0 Å². The number of piperidine rings is 1. The summed E-state index contributed by atoms with van der Waals surface area (Å²) in [4.78, 5) is 17.4. The Morgan fingerprint density at radius 1 is 1.22 bits per heavy atom. The van der Waals surface area contributed by atoms with E-state index in [2.05, 4.69) is 26.8 Å². The van der Waals surface area contributed by atoms with Crippen LogP contribution in [0.15, 0.2) is 29.2 Å². The summed E-state index contributed by atoms with van der Waals surface area (Å²) in [7, 11) is 1.89. The number of hydrogen-bond acceptors (Lipinski definition) is 4. The van der Waals surface area contributed by atoms with E-state index in [9.17, 15) is 4.79 Å². The van der Waals surface area contributed by atoms with Gasteiger partial charge in [0.05, 0.1) is 17.9 Å². The van der Waals surface area contributed by atoms with Crippen LogP contribution in [-0.4, -0.2) is 39.7 Å². The van der Waals surface area contributed by atoms with Gasteiger partial charge in [-0.15, -0.1) is 0 Å². The van der Waals surface area contributed by atoms with Crippen molar-refractivity contribution >= 4 is 22.9 Å². The van der Waals surface area contributed by atoms with Crippen LogP contribution in [-0.2, 0) is 11.8 Å². The van der Waals surface area contributed by atoms with E-state index < -0.39 is 0 Å². The normalized spacial score (nSPS) is 26.1. The van der Waals surface area contributed by atoms with E-state index in [-0.39, 0.29) is 11.9 Å². The van der Waals surface area contributed by atoms with Crippen molar-refractivity contribution in [2.24, 2.45) is 7.05 Å². The van der Waals surface area contributed by atoms with Crippen molar-refractivity contribution in [3.05, 3.63) is 34.8 Å². The van der Waals surface area contributed by atoms with E-state index in [1.807, 2.05) is 18.1 Å². The summed E-state index contributed by atoms with van der Waals surface area (Å²) in [5.41, 5.74) is 2.30. The van der Waals surface area contributed by atoms with E-state index in [4.69, 9.17) is 0 Å². The number of aromatic nitrogens is 2. The molecule has 0 bridgehead atoms. The Morgan fingerprint density at radius 3 is 2.78 bits per heavy atom. The van der Waals surface area contributed by atoms with Gasteiger partial charge in [0.15, 0.2) is 0 Å². The largest absolute Gasteiger partial charge is 0.308 e. The van der Waals surface area contributed by atoms with Crippen LogP contribution in [0, 0.1) is 0 Å². The summed E-state index contributed by atoms with van der Waals surface area (Å²) in [5.74, 6) is 0.242. The fraction of sp³-hybridized carbons (Fsp3) is 0.529. The molecule has 0 radical (unpaired) electrons. The van der Waals surface area contributed by atoms with Gasteiger partial charge in [0.25, 0.3) is 0 Å². The first-order valence-electron chi connectivity index (χ1n) is 8.32. The average Bonchev–Trinajstić information content (AvgIpc) is 3.28. The second-order valence-corrected chi connectivity index (χ2v) is 7.25. The second kappa shape index (κ2) is 6.09. The first-order chi connectivity index (χ1) is 11.2. The summed E-state index contributed by atoms with van der Waals surface area (Å²) < 4.78 is 1.76. The minimum Gasteiger partial charge on any atom is -0.308 e. The third-order valence-electron chi connectivity index (χ3n) is 5.04. The topological polar surface area (TPSA) is 41.4 Å². The van der Waals surface area contributed by atoms with Gasteiger partial charge in [-0.3, -0.25) is 14.4 Å². The SMILES string of the molecule is Cn1cc(N2CCC[C@@H](N3CCC[C@@H]3c3ccsc3)C2=O)cn1. The molecule has 2 fully saturated rings. The number of carbonyl (C=O) groups excluding carboxylic acids is 1. The van der Waals surface area contributed by atoms with Crippen LogP contribution in [0.5, 0.6) is 0 Å². The van der Waals surface area contributed by atoms with Crippen LogP contribution in [0.2, 0.25) is 0 Å². The van der Waals surface area contributed by atoms with Gasteiger partial charge in [0.1, 0.15) is 0 Å². The van der Waals surface area contributed by atoms with Crippen LogP contribution >= 0.6 is 11.3 Å². The molecule has 0 N–H and O–H groups in total. The molecule has 0 spiro atoms. The highest BCUT2D eigenvalue weighted by Crippen LogP contribution is 2.37. The van der Waals surface area contributed by atoms with Crippen LogP contribution < -0.4 is 4.90 Å². The van der Waals surface area contributed by atoms with Crippen molar-refractivity contribution in [2.75, 3.05) is 18.0 Å². The van der Waals surface area contributed by atoms with E-state index in [1.54, 1.807) is 22.2 Å². The van der Waals surface area contributed by atoms with Gasteiger partial charge in [-0.25, -0.2) is 0 Å². The van der Waals surface area contributed by atoms with Gasteiger partial charge < -0.3 is 4.90 Å². The molecule has 6 heteroatoms. The molecule has 0 unspecified atom stereocenters. The van der Waals surface area contributed by atoms with E-state index in [1.165, 1.54) is 12.0 Å². The van der Waals surface area contributed by atoms with Crippen LogP contribution in [0.4, 0.5) is 5.69 Å². The molecule has 0 saturated carbocycles. The van der Waals surface area contributed by atoms with E-state index in [0.717, 1.165) is 38.0 Å². The van der Waals surface area contributed by atoms with Gasteiger partial charge in [-0.05, 0) is 54.6 Å². The van der Waals surface area contributed by atoms with Gasteiger partial charge >= 0.3 is 0 Å². The van der Waals surface area contributed by atoms with E-state index in [0.29, 0.717) is 6.04 Å². The predicted molar refractivity (Wildman–Crippen MR) is 91.6 cm³/mol. The molecule has 2 aliphatic heterocycles. The first-order valence-corrected chi connectivity index (χ1v) is 9.26. The summed E-state index contributed by atoms with van der Waals surface area (Å²) in [5, 5.41) is 8.58. The molecular formula is C17H22N4OS. The maximum absolute atomic E-state index is 13.1. The minimum absolute atomic E-state index is 0.0105. The maximum Gasteiger partial charge on any atom is 0.244 e.